The van der Waals surface area contributed by atoms with Crippen molar-refractivity contribution in [2.45, 2.75) is 32.7 Å². The molecule has 2 rings (SSSR count). The van der Waals surface area contributed by atoms with Crippen LogP contribution in [-0.4, -0.2) is 13.2 Å². The maximum absolute atomic E-state index is 6.38. The van der Waals surface area contributed by atoms with Crippen molar-refractivity contribution in [1.29, 1.82) is 0 Å². The first-order valence-corrected chi connectivity index (χ1v) is 6.09. The van der Waals surface area contributed by atoms with Gasteiger partial charge in [0, 0.05) is 19.3 Å². The van der Waals surface area contributed by atoms with E-state index < -0.39 is 0 Å². The summed E-state index contributed by atoms with van der Waals surface area (Å²) < 4.78 is 5.38. The van der Waals surface area contributed by atoms with Crippen LogP contribution >= 0.6 is 0 Å². The molecule has 0 radical (unpaired) electrons. The topological polar surface area (TPSA) is 35.2 Å². The summed E-state index contributed by atoms with van der Waals surface area (Å²) >= 11 is 0. The maximum Gasteiger partial charge on any atom is 0.0469 e. The van der Waals surface area contributed by atoms with Gasteiger partial charge < -0.3 is 10.5 Å². The average Bonchev–Trinajstić information content (AvgIpc) is 2.33. The Balaban J connectivity index is 2.19. The molecular weight excluding hydrogens is 198 g/mol. The zero-order valence-corrected chi connectivity index (χ0v) is 10.2. The molecule has 1 aromatic rings. The van der Waals surface area contributed by atoms with Gasteiger partial charge in [0.15, 0.2) is 0 Å². The molecule has 1 aliphatic heterocycles. The van der Waals surface area contributed by atoms with Crippen LogP contribution < -0.4 is 5.73 Å². The summed E-state index contributed by atoms with van der Waals surface area (Å²) in [7, 11) is 0. The van der Waals surface area contributed by atoms with Gasteiger partial charge in [-0.05, 0) is 49.3 Å². The van der Waals surface area contributed by atoms with E-state index in [-0.39, 0.29) is 6.04 Å². The lowest BCUT2D eigenvalue weighted by molar-refractivity contribution is 0.0583. The Morgan fingerprint density at radius 3 is 2.62 bits per heavy atom. The normalized spacial score (nSPS) is 19.7. The standard InChI is InChI=1S/C14H21NO/c1-10-4-3-5-13(11(10)2)14(15)12-6-8-16-9-7-12/h3-5,12,14H,6-9,15H2,1-2H3. The van der Waals surface area contributed by atoms with Crippen LogP contribution in [0.2, 0.25) is 0 Å². The molecule has 0 bridgehead atoms. The Morgan fingerprint density at radius 2 is 1.94 bits per heavy atom. The largest absolute Gasteiger partial charge is 0.381 e. The van der Waals surface area contributed by atoms with E-state index in [1.54, 1.807) is 0 Å². The highest BCUT2D eigenvalue weighted by Gasteiger charge is 2.23. The Kier molecular flexibility index (Phi) is 3.62. The maximum atomic E-state index is 6.38. The first-order valence-electron chi connectivity index (χ1n) is 6.09. The van der Waals surface area contributed by atoms with Gasteiger partial charge in [0.05, 0.1) is 0 Å². The molecule has 1 aromatic carbocycles. The second-order valence-electron chi connectivity index (χ2n) is 4.76. The van der Waals surface area contributed by atoms with E-state index in [0.717, 1.165) is 26.1 Å². The van der Waals surface area contributed by atoms with Crippen molar-refractivity contribution in [3.05, 3.63) is 34.9 Å². The van der Waals surface area contributed by atoms with Gasteiger partial charge in [0.25, 0.3) is 0 Å². The summed E-state index contributed by atoms with van der Waals surface area (Å²) in [6, 6.07) is 6.60. The molecule has 1 fully saturated rings. The number of aryl methyl sites for hydroxylation is 1. The minimum Gasteiger partial charge on any atom is -0.381 e. The molecule has 1 atom stereocenters. The van der Waals surface area contributed by atoms with Crippen molar-refractivity contribution in [2.75, 3.05) is 13.2 Å². The fourth-order valence-corrected chi connectivity index (χ4v) is 2.46. The van der Waals surface area contributed by atoms with E-state index >= 15 is 0 Å². The lowest BCUT2D eigenvalue weighted by Gasteiger charge is -2.29. The van der Waals surface area contributed by atoms with Gasteiger partial charge in [0.2, 0.25) is 0 Å². The smallest absolute Gasteiger partial charge is 0.0469 e. The highest BCUT2D eigenvalue weighted by atomic mass is 16.5. The Labute approximate surface area is 97.8 Å². The van der Waals surface area contributed by atoms with Crippen LogP contribution in [0.1, 0.15) is 35.6 Å². The molecule has 88 valence electrons. The molecule has 2 N–H and O–H groups in total. The highest BCUT2D eigenvalue weighted by Crippen LogP contribution is 2.30. The summed E-state index contributed by atoms with van der Waals surface area (Å²) in [6.45, 7) is 6.05. The molecule has 0 saturated carbocycles. The molecule has 16 heavy (non-hydrogen) atoms. The summed E-state index contributed by atoms with van der Waals surface area (Å²) in [5.41, 5.74) is 10.4. The van der Waals surface area contributed by atoms with E-state index in [1.807, 2.05) is 0 Å². The van der Waals surface area contributed by atoms with Crippen LogP contribution in [0.25, 0.3) is 0 Å². The molecule has 0 aromatic heterocycles. The molecule has 2 nitrogen and oxygen atoms in total. The van der Waals surface area contributed by atoms with Crippen LogP contribution in [-0.2, 0) is 4.74 Å². The van der Waals surface area contributed by atoms with Crippen LogP contribution in [0.5, 0.6) is 0 Å². The van der Waals surface area contributed by atoms with Gasteiger partial charge in [0.1, 0.15) is 0 Å². The van der Waals surface area contributed by atoms with Gasteiger partial charge in [-0.2, -0.15) is 0 Å². The van der Waals surface area contributed by atoms with Crippen molar-refractivity contribution < 1.29 is 4.74 Å². The van der Waals surface area contributed by atoms with Gasteiger partial charge >= 0.3 is 0 Å². The number of benzene rings is 1. The van der Waals surface area contributed by atoms with Crippen LogP contribution in [0.15, 0.2) is 18.2 Å². The van der Waals surface area contributed by atoms with E-state index in [9.17, 15) is 0 Å². The Bertz CT molecular complexity index is 356. The van der Waals surface area contributed by atoms with Crippen molar-refractivity contribution in [3.63, 3.8) is 0 Å². The molecule has 0 amide bonds. The van der Waals surface area contributed by atoms with Gasteiger partial charge in [-0.1, -0.05) is 18.2 Å². The molecule has 1 saturated heterocycles. The van der Waals surface area contributed by atoms with Crippen molar-refractivity contribution in [2.24, 2.45) is 11.7 Å². The van der Waals surface area contributed by atoms with Gasteiger partial charge in [-0.3, -0.25) is 0 Å². The van der Waals surface area contributed by atoms with Crippen molar-refractivity contribution >= 4 is 0 Å². The first kappa shape index (κ1) is 11.6. The minimum absolute atomic E-state index is 0.170. The molecule has 1 aliphatic rings. The number of ether oxygens (including phenoxy) is 1. The predicted octanol–water partition coefficient (Wildman–Crippen LogP) is 2.73. The summed E-state index contributed by atoms with van der Waals surface area (Å²) in [5, 5.41) is 0. The second kappa shape index (κ2) is 4.98. The summed E-state index contributed by atoms with van der Waals surface area (Å²) in [4.78, 5) is 0. The third kappa shape index (κ3) is 2.28. The van der Waals surface area contributed by atoms with Crippen LogP contribution in [0.4, 0.5) is 0 Å². The lowest BCUT2D eigenvalue weighted by Crippen LogP contribution is -2.28. The lowest BCUT2D eigenvalue weighted by atomic mass is 9.85. The SMILES string of the molecule is Cc1cccc(C(N)C2CCOCC2)c1C. The number of hydrogen-bond acceptors (Lipinski definition) is 2. The van der Waals surface area contributed by atoms with E-state index in [4.69, 9.17) is 10.5 Å². The minimum atomic E-state index is 0.170. The first-order chi connectivity index (χ1) is 7.70. The fraction of sp³-hybridized carbons (Fsp3) is 0.571. The number of nitrogens with two attached hydrogens (primary N) is 1. The summed E-state index contributed by atoms with van der Waals surface area (Å²) in [5.74, 6) is 0.578. The Hall–Kier alpha value is -0.860. The zero-order valence-electron chi connectivity index (χ0n) is 10.2. The van der Waals surface area contributed by atoms with Crippen LogP contribution in [0.3, 0.4) is 0 Å². The average molecular weight is 219 g/mol. The molecule has 0 spiro atoms. The second-order valence-corrected chi connectivity index (χ2v) is 4.76. The Morgan fingerprint density at radius 1 is 1.25 bits per heavy atom. The quantitative estimate of drug-likeness (QED) is 0.830. The van der Waals surface area contributed by atoms with Gasteiger partial charge in [-0.25, -0.2) is 0 Å². The monoisotopic (exact) mass is 219 g/mol. The highest BCUT2D eigenvalue weighted by molar-refractivity contribution is 5.35. The molecule has 0 aliphatic carbocycles. The van der Waals surface area contributed by atoms with Crippen molar-refractivity contribution in [3.8, 4) is 0 Å². The van der Waals surface area contributed by atoms with E-state index in [2.05, 4.69) is 32.0 Å². The van der Waals surface area contributed by atoms with Crippen molar-refractivity contribution in [1.82, 2.24) is 0 Å². The van der Waals surface area contributed by atoms with E-state index in [1.165, 1.54) is 16.7 Å². The predicted molar refractivity (Wildman–Crippen MR) is 66.4 cm³/mol. The molecular formula is C14H21NO. The van der Waals surface area contributed by atoms with Gasteiger partial charge in [-0.15, -0.1) is 0 Å². The fourth-order valence-electron chi connectivity index (χ4n) is 2.46. The van der Waals surface area contributed by atoms with E-state index in [0.29, 0.717) is 5.92 Å². The third-order valence-electron chi connectivity index (χ3n) is 3.78. The zero-order chi connectivity index (χ0) is 11.5. The van der Waals surface area contributed by atoms with Crippen LogP contribution in [0, 0.1) is 19.8 Å². The third-order valence-corrected chi connectivity index (χ3v) is 3.78. The molecule has 1 unspecified atom stereocenters. The molecule has 1 heterocycles. The summed E-state index contributed by atoms with van der Waals surface area (Å²) in [6.07, 6.45) is 2.18. The number of rotatable bonds is 2. The number of hydrogen-bond donors (Lipinski definition) is 1. The molecule has 2 heteroatoms.